The van der Waals surface area contributed by atoms with E-state index in [0.29, 0.717) is 49.1 Å². The number of ketones is 1. The van der Waals surface area contributed by atoms with Crippen LogP contribution in [0, 0.1) is 6.92 Å². The van der Waals surface area contributed by atoms with Gasteiger partial charge in [0.2, 0.25) is 0 Å². The highest BCUT2D eigenvalue weighted by Gasteiger charge is 2.53. The van der Waals surface area contributed by atoms with Gasteiger partial charge in [0.15, 0.2) is 5.78 Å². The number of amides is 2. The number of carboxylic acids is 1. The Morgan fingerprint density at radius 2 is 1.74 bits per heavy atom. The molecule has 0 heterocycles. The molecule has 3 rings (SSSR count). The Morgan fingerprint density at radius 1 is 1.07 bits per heavy atom. The van der Waals surface area contributed by atoms with Crippen LogP contribution >= 0.6 is 0 Å². The number of nitrogens with zero attached hydrogens (tertiary/aromatic N) is 1. The number of nitrogens with one attached hydrogen (secondary N) is 1. The maximum atomic E-state index is 13.8. The molecule has 0 aromatic heterocycles. The van der Waals surface area contributed by atoms with Gasteiger partial charge in [-0.25, -0.2) is 9.59 Å². The van der Waals surface area contributed by atoms with Crippen LogP contribution in [-0.4, -0.2) is 72.4 Å². The lowest BCUT2D eigenvalue weighted by atomic mass is 9.74. The van der Waals surface area contributed by atoms with Crippen molar-refractivity contribution in [3.05, 3.63) is 58.7 Å². The normalized spacial score (nSPS) is 18.5. The Hall–Kier alpha value is -3.63. The molecule has 10 heteroatoms. The van der Waals surface area contributed by atoms with Gasteiger partial charge in [-0.2, -0.15) is 0 Å². The Bertz CT molecular complexity index is 1230. The lowest BCUT2D eigenvalue weighted by molar-refractivity contribution is -0.156. The van der Waals surface area contributed by atoms with Gasteiger partial charge < -0.3 is 34.3 Å². The van der Waals surface area contributed by atoms with Crippen molar-refractivity contribution >= 4 is 17.8 Å². The first-order valence-electron chi connectivity index (χ1n) is 14.6. The van der Waals surface area contributed by atoms with E-state index < -0.39 is 23.6 Å². The van der Waals surface area contributed by atoms with Crippen LogP contribution in [-0.2, 0) is 20.9 Å². The average molecular weight is 585 g/mol. The molecule has 1 aliphatic rings. The minimum absolute atomic E-state index is 0.184. The van der Waals surface area contributed by atoms with Gasteiger partial charge in [-0.3, -0.25) is 4.79 Å². The predicted molar refractivity (Wildman–Crippen MR) is 158 cm³/mol. The van der Waals surface area contributed by atoms with Crippen molar-refractivity contribution in [3.63, 3.8) is 0 Å². The number of carbonyl (C=O) groups excluding carboxylic acids is 2. The molecular formula is C32H44N2O8. The van der Waals surface area contributed by atoms with Gasteiger partial charge in [-0.1, -0.05) is 30.3 Å². The summed E-state index contributed by atoms with van der Waals surface area (Å²) in [6.07, 6.45) is 0.142. The number of rotatable bonds is 16. The second kappa shape index (κ2) is 15.0. The molecule has 0 unspecified atom stereocenters. The van der Waals surface area contributed by atoms with Crippen LogP contribution < -0.4 is 14.8 Å². The summed E-state index contributed by atoms with van der Waals surface area (Å²) in [5, 5.41) is 12.8. The molecule has 1 atom stereocenters. The third-order valence-electron chi connectivity index (χ3n) is 7.55. The van der Waals surface area contributed by atoms with E-state index in [9.17, 15) is 19.5 Å². The molecule has 2 aromatic rings. The third kappa shape index (κ3) is 7.60. The lowest BCUT2D eigenvalue weighted by Crippen LogP contribution is -2.66. The maximum Gasteiger partial charge on any atom is 0.329 e. The van der Waals surface area contributed by atoms with E-state index in [4.69, 9.17) is 18.9 Å². The Labute approximate surface area is 248 Å². The van der Waals surface area contributed by atoms with E-state index in [1.165, 1.54) is 6.92 Å². The van der Waals surface area contributed by atoms with Crippen molar-refractivity contribution in [1.82, 2.24) is 10.2 Å². The molecule has 2 aromatic carbocycles. The van der Waals surface area contributed by atoms with E-state index in [1.807, 2.05) is 65.0 Å². The van der Waals surface area contributed by atoms with Crippen molar-refractivity contribution in [2.45, 2.75) is 78.7 Å². The summed E-state index contributed by atoms with van der Waals surface area (Å²) in [7, 11) is 0. The minimum atomic E-state index is -1.42. The van der Waals surface area contributed by atoms with Crippen LogP contribution in [0.5, 0.6) is 11.5 Å². The van der Waals surface area contributed by atoms with E-state index >= 15 is 0 Å². The van der Waals surface area contributed by atoms with Crippen LogP contribution in [0.2, 0.25) is 0 Å². The smallest absolute Gasteiger partial charge is 0.329 e. The zero-order valence-electron chi connectivity index (χ0n) is 25.5. The second-order valence-electron chi connectivity index (χ2n) is 10.4. The van der Waals surface area contributed by atoms with Crippen LogP contribution in [0.3, 0.4) is 0 Å². The first kappa shape index (κ1) is 32.9. The topological polar surface area (TPSA) is 124 Å². The maximum absolute atomic E-state index is 13.8. The van der Waals surface area contributed by atoms with Gasteiger partial charge in [-0.15, -0.1) is 0 Å². The van der Waals surface area contributed by atoms with Crippen molar-refractivity contribution in [1.29, 1.82) is 0 Å². The highest BCUT2D eigenvalue weighted by molar-refractivity contribution is 6.00. The zero-order chi connectivity index (χ0) is 30.9. The molecule has 0 aliphatic heterocycles. The number of urea groups is 1. The summed E-state index contributed by atoms with van der Waals surface area (Å²) in [4.78, 5) is 40.3. The van der Waals surface area contributed by atoms with Crippen molar-refractivity contribution in [2.75, 3.05) is 33.0 Å². The lowest BCUT2D eigenvalue weighted by Gasteiger charge is -2.45. The van der Waals surface area contributed by atoms with Crippen LogP contribution in [0.15, 0.2) is 36.4 Å². The monoisotopic (exact) mass is 584 g/mol. The zero-order valence-corrected chi connectivity index (χ0v) is 25.5. The molecule has 1 saturated carbocycles. The summed E-state index contributed by atoms with van der Waals surface area (Å²) in [6, 6.07) is 10.4. The number of aliphatic carboxylic acids is 1. The average Bonchev–Trinajstić information content (AvgIpc) is 2.93. The fourth-order valence-corrected chi connectivity index (χ4v) is 5.36. The number of carboxylic acid groups (broad SMARTS) is 1. The summed E-state index contributed by atoms with van der Waals surface area (Å²) < 4.78 is 23.3. The molecule has 0 saturated heterocycles. The molecule has 0 radical (unpaired) electrons. The van der Waals surface area contributed by atoms with E-state index in [-0.39, 0.29) is 37.9 Å². The molecule has 0 spiro atoms. The number of Topliss-reactive ketones (excluding diaryl/α,β-unsaturated/α-hetero) is 1. The van der Waals surface area contributed by atoms with Gasteiger partial charge in [-0.05, 0) is 64.3 Å². The molecular weight excluding hydrogens is 540 g/mol. The Kier molecular flexibility index (Phi) is 11.8. The van der Waals surface area contributed by atoms with E-state index in [2.05, 4.69) is 5.32 Å². The largest absolute Gasteiger partial charge is 0.493 e. The van der Waals surface area contributed by atoms with Gasteiger partial charge in [0.1, 0.15) is 22.6 Å². The number of carbonyl (C=O) groups is 3. The van der Waals surface area contributed by atoms with Crippen LogP contribution in [0.4, 0.5) is 4.79 Å². The Morgan fingerprint density at radius 3 is 2.31 bits per heavy atom. The first-order valence-corrected chi connectivity index (χ1v) is 14.6. The van der Waals surface area contributed by atoms with Crippen LogP contribution in [0.25, 0.3) is 0 Å². The van der Waals surface area contributed by atoms with Gasteiger partial charge >= 0.3 is 12.0 Å². The van der Waals surface area contributed by atoms with E-state index in [0.717, 1.165) is 11.1 Å². The summed E-state index contributed by atoms with van der Waals surface area (Å²) in [5.74, 6) is -0.495. The molecule has 42 heavy (non-hydrogen) atoms. The number of benzene rings is 2. The third-order valence-corrected chi connectivity index (χ3v) is 7.55. The minimum Gasteiger partial charge on any atom is -0.493 e. The number of hydrogen-bond acceptors (Lipinski definition) is 7. The van der Waals surface area contributed by atoms with Crippen LogP contribution in [0.1, 0.15) is 80.6 Å². The van der Waals surface area contributed by atoms with Crippen molar-refractivity contribution in [3.8, 4) is 11.5 Å². The SMILES string of the molecule is CCOc1cc([C@@H](C)N(CCOCc2ccccc2)C(=O)NC2(C(=O)O)CC(OCC)C2)c(C)c(OCC)c1C(C)=O. The molecule has 2 amide bonds. The standard InChI is InChI=1S/C32H44N2O8/c1-7-40-25-18-32(19-25,30(36)37)33-31(38)34(15-16-39-20-24-13-11-10-12-14-24)22(5)26-17-27(41-8-2)28(23(6)35)29(21(26)4)42-9-3/h10-14,17,22,25H,7-9,15-16,18-20H2,1-6H3,(H,33,38)(H,36,37)/t22-,25?,32?/m1/s1. The fourth-order valence-electron chi connectivity index (χ4n) is 5.36. The predicted octanol–water partition coefficient (Wildman–Crippen LogP) is 5.31. The summed E-state index contributed by atoms with van der Waals surface area (Å²) >= 11 is 0. The first-order chi connectivity index (χ1) is 20.1. The molecule has 2 N–H and O–H groups in total. The summed E-state index contributed by atoms with van der Waals surface area (Å²) in [6.45, 7) is 12.6. The molecule has 230 valence electrons. The molecule has 1 fully saturated rings. The summed E-state index contributed by atoms with van der Waals surface area (Å²) in [5.41, 5.74) is 1.36. The molecule has 10 nitrogen and oxygen atoms in total. The van der Waals surface area contributed by atoms with Gasteiger partial charge in [0.25, 0.3) is 0 Å². The second-order valence-corrected chi connectivity index (χ2v) is 10.4. The number of ether oxygens (including phenoxy) is 4. The van der Waals surface area contributed by atoms with Gasteiger partial charge in [0.05, 0.1) is 38.6 Å². The van der Waals surface area contributed by atoms with E-state index in [1.54, 1.807) is 11.0 Å². The highest BCUT2D eigenvalue weighted by atomic mass is 16.5. The van der Waals surface area contributed by atoms with Crippen molar-refractivity contribution in [2.24, 2.45) is 0 Å². The Balaban J connectivity index is 1.95. The quantitative estimate of drug-likeness (QED) is 0.201. The molecule has 1 aliphatic carbocycles. The fraction of sp³-hybridized carbons (Fsp3) is 0.531. The number of hydrogen-bond donors (Lipinski definition) is 2. The van der Waals surface area contributed by atoms with Gasteiger partial charge in [0, 0.05) is 26.0 Å². The van der Waals surface area contributed by atoms with Crippen molar-refractivity contribution < 1.29 is 38.4 Å². The molecule has 0 bridgehead atoms. The highest BCUT2D eigenvalue weighted by Crippen LogP contribution is 2.40.